The third-order valence-corrected chi connectivity index (χ3v) is 5.18. The zero-order valence-corrected chi connectivity index (χ0v) is 18.7. The summed E-state index contributed by atoms with van der Waals surface area (Å²) in [6, 6.07) is 18.9. The van der Waals surface area contributed by atoms with Crippen molar-refractivity contribution in [3.05, 3.63) is 71.8 Å². The van der Waals surface area contributed by atoms with E-state index in [0.717, 1.165) is 11.1 Å². The van der Waals surface area contributed by atoms with Gasteiger partial charge in [0.25, 0.3) is 0 Å². The summed E-state index contributed by atoms with van der Waals surface area (Å²) in [5.74, 6) is -0.414. The Kier molecular flexibility index (Phi) is 8.39. The zero-order valence-electron chi connectivity index (χ0n) is 18.7. The van der Waals surface area contributed by atoms with Crippen molar-refractivity contribution in [2.45, 2.75) is 64.7 Å². The van der Waals surface area contributed by atoms with Crippen LogP contribution in [0.25, 0.3) is 0 Å². The van der Waals surface area contributed by atoms with E-state index in [-0.39, 0.29) is 19.8 Å². The molecule has 0 bridgehead atoms. The van der Waals surface area contributed by atoms with Gasteiger partial charge in [-0.2, -0.15) is 0 Å². The second-order valence-electron chi connectivity index (χ2n) is 8.93. The summed E-state index contributed by atoms with van der Waals surface area (Å²) in [7, 11) is 0. The maximum absolute atomic E-state index is 12.2. The van der Waals surface area contributed by atoms with E-state index in [2.05, 4.69) is 0 Å². The molecule has 32 heavy (non-hydrogen) atoms. The lowest BCUT2D eigenvalue weighted by atomic mass is 9.97. The standard InChI is InChI=1S/C25H32O7/c1-25(2,3)24(28)31-16-19-20(26)22(29-14-17-10-6-4-7-11-17)21(27)23(32-19)30-15-18-12-8-5-9-13-18/h4-13,19-23,26-27H,14-16H2,1-3H3/t19-,20-,21-,22+,23+/m1/s1. The molecule has 2 N–H and O–H groups in total. The van der Waals surface area contributed by atoms with Crippen LogP contribution in [0.15, 0.2) is 60.7 Å². The van der Waals surface area contributed by atoms with Gasteiger partial charge in [0.15, 0.2) is 6.29 Å². The molecular formula is C25H32O7. The highest BCUT2D eigenvalue weighted by atomic mass is 16.7. The molecule has 1 aliphatic rings. The van der Waals surface area contributed by atoms with Crippen LogP contribution in [0.1, 0.15) is 31.9 Å². The molecule has 0 aromatic heterocycles. The molecule has 1 saturated heterocycles. The minimum atomic E-state index is -1.23. The van der Waals surface area contributed by atoms with Crippen LogP contribution in [0.5, 0.6) is 0 Å². The van der Waals surface area contributed by atoms with E-state index in [4.69, 9.17) is 18.9 Å². The van der Waals surface area contributed by atoms with E-state index in [1.54, 1.807) is 20.8 Å². The molecule has 0 saturated carbocycles. The van der Waals surface area contributed by atoms with Gasteiger partial charge in [-0.1, -0.05) is 60.7 Å². The number of hydrogen-bond acceptors (Lipinski definition) is 7. The van der Waals surface area contributed by atoms with Crippen LogP contribution in [-0.2, 0) is 37.0 Å². The minimum absolute atomic E-state index is 0.180. The van der Waals surface area contributed by atoms with Crippen LogP contribution >= 0.6 is 0 Å². The average molecular weight is 445 g/mol. The third kappa shape index (κ3) is 6.60. The van der Waals surface area contributed by atoms with Crippen molar-refractivity contribution in [1.82, 2.24) is 0 Å². The monoisotopic (exact) mass is 444 g/mol. The van der Waals surface area contributed by atoms with Crippen LogP contribution in [0.2, 0.25) is 0 Å². The Morgan fingerprint density at radius 1 is 0.875 bits per heavy atom. The van der Waals surface area contributed by atoms with Gasteiger partial charge in [0, 0.05) is 0 Å². The molecule has 0 unspecified atom stereocenters. The van der Waals surface area contributed by atoms with Gasteiger partial charge in [-0.3, -0.25) is 4.79 Å². The molecular weight excluding hydrogens is 412 g/mol. The molecule has 0 amide bonds. The van der Waals surface area contributed by atoms with Crippen LogP contribution in [0.3, 0.4) is 0 Å². The lowest BCUT2D eigenvalue weighted by Crippen LogP contribution is -2.60. The first-order valence-electron chi connectivity index (χ1n) is 10.8. The van der Waals surface area contributed by atoms with Gasteiger partial charge in [0.05, 0.1) is 18.6 Å². The largest absolute Gasteiger partial charge is 0.462 e. The molecule has 7 nitrogen and oxygen atoms in total. The van der Waals surface area contributed by atoms with Gasteiger partial charge in [0.2, 0.25) is 0 Å². The number of carbonyl (C=O) groups excluding carboxylic acids is 1. The first kappa shape index (κ1) is 24.4. The second-order valence-corrected chi connectivity index (χ2v) is 8.93. The summed E-state index contributed by atoms with van der Waals surface area (Å²) in [5.41, 5.74) is 1.12. The topological polar surface area (TPSA) is 94.5 Å². The van der Waals surface area contributed by atoms with Gasteiger partial charge in [-0.05, 0) is 31.9 Å². The molecule has 5 atom stereocenters. The fraction of sp³-hybridized carbons (Fsp3) is 0.480. The summed E-state index contributed by atoms with van der Waals surface area (Å²) in [5, 5.41) is 21.7. The molecule has 1 aliphatic heterocycles. The number of hydrogen-bond donors (Lipinski definition) is 2. The number of aliphatic hydroxyl groups excluding tert-OH is 2. The highest BCUT2D eigenvalue weighted by Crippen LogP contribution is 2.27. The molecule has 2 aromatic carbocycles. The van der Waals surface area contributed by atoms with Crippen molar-refractivity contribution in [2.75, 3.05) is 6.61 Å². The summed E-state index contributed by atoms with van der Waals surface area (Å²) in [6.07, 6.45) is -5.39. The number of benzene rings is 2. The van der Waals surface area contributed by atoms with Crippen molar-refractivity contribution in [3.63, 3.8) is 0 Å². The maximum atomic E-state index is 12.2. The Hall–Kier alpha value is -2.29. The Morgan fingerprint density at radius 3 is 1.94 bits per heavy atom. The predicted octanol–water partition coefficient (Wildman–Crippen LogP) is 2.82. The molecule has 2 aromatic rings. The Labute approximate surface area is 188 Å². The molecule has 0 radical (unpaired) electrons. The van der Waals surface area contributed by atoms with E-state index in [1.165, 1.54) is 0 Å². The quantitative estimate of drug-likeness (QED) is 0.605. The summed E-state index contributed by atoms with van der Waals surface area (Å²) < 4.78 is 22.8. The van der Waals surface area contributed by atoms with Crippen LogP contribution in [-0.4, -0.2) is 53.5 Å². The number of rotatable bonds is 8. The van der Waals surface area contributed by atoms with Crippen molar-refractivity contribution >= 4 is 5.97 Å². The summed E-state index contributed by atoms with van der Waals surface area (Å²) >= 11 is 0. The van der Waals surface area contributed by atoms with Crippen LogP contribution < -0.4 is 0 Å². The molecule has 3 rings (SSSR count). The van der Waals surface area contributed by atoms with Gasteiger partial charge >= 0.3 is 5.97 Å². The number of aliphatic hydroxyl groups is 2. The maximum Gasteiger partial charge on any atom is 0.311 e. The fourth-order valence-corrected chi connectivity index (χ4v) is 3.27. The first-order chi connectivity index (χ1) is 15.3. The molecule has 1 heterocycles. The first-order valence-corrected chi connectivity index (χ1v) is 10.8. The Balaban J connectivity index is 1.69. The Morgan fingerprint density at radius 2 is 1.41 bits per heavy atom. The molecule has 7 heteroatoms. The average Bonchev–Trinajstić information content (AvgIpc) is 2.78. The third-order valence-electron chi connectivity index (χ3n) is 5.18. The van der Waals surface area contributed by atoms with Gasteiger partial charge in [-0.25, -0.2) is 0 Å². The number of ether oxygens (including phenoxy) is 4. The lowest BCUT2D eigenvalue weighted by Gasteiger charge is -2.42. The summed E-state index contributed by atoms with van der Waals surface area (Å²) in [6.45, 7) is 5.46. The van der Waals surface area contributed by atoms with E-state index >= 15 is 0 Å². The normalized spacial score (nSPS) is 26.0. The molecule has 0 spiro atoms. The number of esters is 1. The lowest BCUT2D eigenvalue weighted by molar-refractivity contribution is -0.312. The van der Waals surface area contributed by atoms with Gasteiger partial charge in [0.1, 0.15) is 31.0 Å². The SMILES string of the molecule is CC(C)(C)C(=O)OC[C@H]1O[C@H](OCc2ccccc2)[C@H](O)[C@@H](OCc2ccccc2)[C@@H]1O. The van der Waals surface area contributed by atoms with Crippen LogP contribution in [0, 0.1) is 5.41 Å². The van der Waals surface area contributed by atoms with Crippen molar-refractivity contribution in [2.24, 2.45) is 5.41 Å². The van der Waals surface area contributed by atoms with E-state index in [0.29, 0.717) is 0 Å². The van der Waals surface area contributed by atoms with Crippen molar-refractivity contribution in [1.29, 1.82) is 0 Å². The van der Waals surface area contributed by atoms with Gasteiger partial charge in [-0.15, -0.1) is 0 Å². The van der Waals surface area contributed by atoms with E-state index in [9.17, 15) is 15.0 Å². The van der Waals surface area contributed by atoms with Gasteiger partial charge < -0.3 is 29.2 Å². The second kappa shape index (κ2) is 11.0. The van der Waals surface area contributed by atoms with Crippen molar-refractivity contribution in [3.8, 4) is 0 Å². The summed E-state index contributed by atoms with van der Waals surface area (Å²) in [4.78, 5) is 12.2. The highest BCUT2D eigenvalue weighted by molar-refractivity contribution is 5.75. The van der Waals surface area contributed by atoms with E-state index in [1.807, 2.05) is 60.7 Å². The van der Waals surface area contributed by atoms with E-state index < -0.39 is 42.1 Å². The molecule has 1 fully saturated rings. The zero-order chi connectivity index (χ0) is 23.1. The van der Waals surface area contributed by atoms with Crippen molar-refractivity contribution < 1.29 is 34.0 Å². The predicted molar refractivity (Wildman–Crippen MR) is 117 cm³/mol. The molecule has 0 aliphatic carbocycles. The molecule has 174 valence electrons. The minimum Gasteiger partial charge on any atom is -0.462 e. The van der Waals surface area contributed by atoms with Crippen LogP contribution in [0.4, 0.5) is 0 Å². The number of carbonyl (C=O) groups is 1. The fourth-order valence-electron chi connectivity index (χ4n) is 3.27. The smallest absolute Gasteiger partial charge is 0.311 e. The Bertz CT molecular complexity index is 834. The highest BCUT2D eigenvalue weighted by Gasteiger charge is 2.46.